The van der Waals surface area contributed by atoms with Crippen LogP contribution in [-0.2, 0) is 35.0 Å². The van der Waals surface area contributed by atoms with Crippen LogP contribution in [0, 0.1) is 0 Å². The van der Waals surface area contributed by atoms with E-state index >= 15 is 0 Å². The molecule has 1 aromatic carbocycles. The Labute approximate surface area is 148 Å². The Hall–Kier alpha value is -2.06. The van der Waals surface area contributed by atoms with Gasteiger partial charge in [0.15, 0.2) is 0 Å². The van der Waals surface area contributed by atoms with Crippen LogP contribution >= 0.6 is 0 Å². The second-order valence-corrected chi connectivity index (χ2v) is 6.50. The number of nitrogens with zero attached hydrogens (tertiary/aromatic N) is 2. The SMILES string of the molecule is COc1cc2c(c(C(F)(F)F)c1)-c1nn(C[C@H]3COCCO3)cc1CC2. The number of fused-ring (bicyclic) bond motifs is 3. The normalized spacial score (nSPS) is 19.8. The van der Waals surface area contributed by atoms with Crippen LogP contribution in [0.15, 0.2) is 18.3 Å². The average Bonchev–Trinajstić information content (AvgIpc) is 3.03. The summed E-state index contributed by atoms with van der Waals surface area (Å²) < 4.78 is 58.6. The van der Waals surface area contributed by atoms with Gasteiger partial charge < -0.3 is 14.2 Å². The smallest absolute Gasteiger partial charge is 0.417 e. The zero-order valence-corrected chi connectivity index (χ0v) is 14.3. The number of ether oxygens (including phenoxy) is 3. The molecule has 0 saturated carbocycles. The van der Waals surface area contributed by atoms with Crippen molar-refractivity contribution in [2.24, 2.45) is 0 Å². The summed E-state index contributed by atoms with van der Waals surface area (Å²) >= 11 is 0. The molecule has 0 radical (unpaired) electrons. The van der Waals surface area contributed by atoms with E-state index in [0.717, 1.165) is 11.6 Å². The van der Waals surface area contributed by atoms with Crippen molar-refractivity contribution in [3.8, 4) is 17.0 Å². The Morgan fingerprint density at radius 1 is 1.23 bits per heavy atom. The highest BCUT2D eigenvalue weighted by atomic mass is 19.4. The zero-order chi connectivity index (χ0) is 18.3. The minimum Gasteiger partial charge on any atom is -0.497 e. The predicted octanol–water partition coefficient (Wildman–Crippen LogP) is 3.09. The van der Waals surface area contributed by atoms with Gasteiger partial charge >= 0.3 is 6.18 Å². The summed E-state index contributed by atoms with van der Waals surface area (Å²) in [6, 6.07) is 2.72. The molecule has 1 fully saturated rings. The Balaban J connectivity index is 1.74. The fraction of sp³-hybridized carbons (Fsp3) is 0.500. The number of rotatable bonds is 3. The monoisotopic (exact) mass is 368 g/mol. The van der Waals surface area contributed by atoms with E-state index in [1.54, 1.807) is 10.7 Å². The Morgan fingerprint density at radius 3 is 2.73 bits per heavy atom. The minimum absolute atomic E-state index is 0.137. The molecule has 0 bridgehead atoms. The van der Waals surface area contributed by atoms with Crippen molar-refractivity contribution in [3.63, 3.8) is 0 Å². The molecule has 1 aromatic heterocycles. The Morgan fingerprint density at radius 2 is 2.04 bits per heavy atom. The van der Waals surface area contributed by atoms with Crippen molar-refractivity contribution in [2.45, 2.75) is 31.7 Å². The summed E-state index contributed by atoms with van der Waals surface area (Å²) in [6.45, 7) is 2.01. The van der Waals surface area contributed by atoms with Gasteiger partial charge in [0.1, 0.15) is 11.9 Å². The van der Waals surface area contributed by atoms with E-state index < -0.39 is 11.7 Å². The van der Waals surface area contributed by atoms with Crippen molar-refractivity contribution in [1.29, 1.82) is 0 Å². The summed E-state index contributed by atoms with van der Waals surface area (Å²) in [5.74, 6) is 0.215. The summed E-state index contributed by atoms with van der Waals surface area (Å²) in [7, 11) is 1.37. The fourth-order valence-electron chi connectivity index (χ4n) is 3.56. The summed E-state index contributed by atoms with van der Waals surface area (Å²) in [5, 5.41) is 4.46. The van der Waals surface area contributed by atoms with Gasteiger partial charge in [0, 0.05) is 11.8 Å². The molecule has 2 aromatic rings. The molecule has 1 atom stereocenters. The zero-order valence-electron chi connectivity index (χ0n) is 14.3. The van der Waals surface area contributed by atoms with Crippen LogP contribution in [0.3, 0.4) is 0 Å². The molecule has 2 aliphatic rings. The van der Waals surface area contributed by atoms with Crippen molar-refractivity contribution in [1.82, 2.24) is 9.78 Å². The van der Waals surface area contributed by atoms with Gasteiger partial charge in [-0.05, 0) is 36.1 Å². The molecule has 26 heavy (non-hydrogen) atoms. The number of alkyl halides is 3. The third kappa shape index (κ3) is 3.19. The van der Waals surface area contributed by atoms with Crippen LogP contribution in [0.4, 0.5) is 13.2 Å². The fourth-order valence-corrected chi connectivity index (χ4v) is 3.56. The second kappa shape index (κ2) is 6.59. The van der Waals surface area contributed by atoms with Gasteiger partial charge in [-0.2, -0.15) is 18.3 Å². The molecule has 0 spiro atoms. The Kier molecular flexibility index (Phi) is 4.40. The highest BCUT2D eigenvalue weighted by Gasteiger charge is 2.38. The molecular formula is C18H19F3N2O3. The Bertz CT molecular complexity index is 811. The highest BCUT2D eigenvalue weighted by Crippen LogP contribution is 2.44. The summed E-state index contributed by atoms with van der Waals surface area (Å²) in [5.41, 5.74) is 1.31. The van der Waals surface area contributed by atoms with E-state index in [1.807, 2.05) is 6.20 Å². The van der Waals surface area contributed by atoms with Gasteiger partial charge in [-0.25, -0.2) is 0 Å². The number of hydrogen-bond acceptors (Lipinski definition) is 4. The van der Waals surface area contributed by atoms with Crippen LogP contribution in [-0.4, -0.2) is 42.8 Å². The van der Waals surface area contributed by atoms with Crippen LogP contribution in [0.5, 0.6) is 5.75 Å². The van der Waals surface area contributed by atoms with Crippen LogP contribution in [0.1, 0.15) is 16.7 Å². The first-order chi connectivity index (χ1) is 12.5. The summed E-state index contributed by atoms with van der Waals surface area (Å²) in [4.78, 5) is 0. The summed E-state index contributed by atoms with van der Waals surface area (Å²) in [6.07, 6.45) is -1.62. The molecule has 1 aliphatic heterocycles. The van der Waals surface area contributed by atoms with E-state index in [1.165, 1.54) is 7.11 Å². The van der Waals surface area contributed by atoms with Gasteiger partial charge in [-0.3, -0.25) is 4.68 Å². The lowest BCUT2D eigenvalue weighted by molar-refractivity contribution is -0.137. The second-order valence-electron chi connectivity index (χ2n) is 6.50. The van der Waals surface area contributed by atoms with E-state index in [-0.39, 0.29) is 17.4 Å². The maximum absolute atomic E-state index is 13.6. The van der Waals surface area contributed by atoms with Crippen LogP contribution in [0.2, 0.25) is 0 Å². The first kappa shape index (κ1) is 17.4. The van der Waals surface area contributed by atoms with Crippen LogP contribution in [0.25, 0.3) is 11.3 Å². The molecule has 1 aliphatic carbocycles. The van der Waals surface area contributed by atoms with E-state index in [2.05, 4.69) is 5.10 Å². The van der Waals surface area contributed by atoms with Crippen LogP contribution < -0.4 is 4.74 Å². The lowest BCUT2D eigenvalue weighted by atomic mass is 9.87. The molecule has 0 N–H and O–H groups in total. The van der Waals surface area contributed by atoms with Crippen molar-refractivity contribution >= 4 is 0 Å². The van der Waals surface area contributed by atoms with E-state index in [4.69, 9.17) is 14.2 Å². The number of halogens is 3. The maximum Gasteiger partial charge on any atom is 0.417 e. The van der Waals surface area contributed by atoms with Crippen molar-refractivity contribution in [2.75, 3.05) is 26.9 Å². The first-order valence-corrected chi connectivity index (χ1v) is 8.50. The molecule has 2 heterocycles. The van der Waals surface area contributed by atoms with E-state index in [9.17, 15) is 13.2 Å². The number of aryl methyl sites for hydroxylation is 2. The quantitative estimate of drug-likeness (QED) is 0.835. The third-order valence-corrected chi connectivity index (χ3v) is 4.75. The minimum atomic E-state index is -4.47. The number of hydrogen-bond donors (Lipinski definition) is 0. The van der Waals surface area contributed by atoms with Gasteiger partial charge in [-0.1, -0.05) is 0 Å². The highest BCUT2D eigenvalue weighted by molar-refractivity contribution is 5.74. The molecule has 4 rings (SSSR count). The molecular weight excluding hydrogens is 349 g/mol. The van der Waals surface area contributed by atoms with Gasteiger partial charge in [0.25, 0.3) is 0 Å². The molecule has 1 saturated heterocycles. The number of benzene rings is 1. The molecule has 0 amide bonds. The van der Waals surface area contributed by atoms with Gasteiger partial charge in [0.2, 0.25) is 0 Å². The predicted molar refractivity (Wildman–Crippen MR) is 87.2 cm³/mol. The third-order valence-electron chi connectivity index (χ3n) is 4.75. The molecule has 5 nitrogen and oxygen atoms in total. The lowest BCUT2D eigenvalue weighted by Gasteiger charge is -2.22. The number of methoxy groups -OCH3 is 1. The molecule has 8 heteroatoms. The van der Waals surface area contributed by atoms with Gasteiger partial charge in [-0.15, -0.1) is 0 Å². The molecule has 140 valence electrons. The number of aromatic nitrogens is 2. The molecule has 0 unspecified atom stereocenters. The first-order valence-electron chi connectivity index (χ1n) is 8.50. The topological polar surface area (TPSA) is 45.5 Å². The lowest BCUT2D eigenvalue weighted by Crippen LogP contribution is -2.32. The average molecular weight is 368 g/mol. The largest absolute Gasteiger partial charge is 0.497 e. The van der Waals surface area contributed by atoms with Crippen molar-refractivity contribution in [3.05, 3.63) is 35.0 Å². The van der Waals surface area contributed by atoms with Gasteiger partial charge in [0.05, 0.1) is 44.7 Å². The van der Waals surface area contributed by atoms with Crippen molar-refractivity contribution < 1.29 is 27.4 Å². The standard InChI is InChI=1S/C18H19F3N2O3/c1-24-13-6-11-2-3-12-8-23(9-14-10-25-4-5-26-14)22-17(12)16(11)15(7-13)18(19,20)21/h6-8,14H,2-5,9-10H2,1H3/t14-/m0/s1. The van der Waals surface area contributed by atoms with E-state index in [0.29, 0.717) is 50.5 Å². The maximum atomic E-state index is 13.6.